The molecule has 2 aromatic carbocycles. The first-order valence-corrected chi connectivity index (χ1v) is 7.41. The minimum atomic E-state index is -0.509. The number of aromatic nitrogens is 2. The molecule has 0 aliphatic rings. The normalized spacial score (nSPS) is 10.8. The van der Waals surface area contributed by atoms with Gasteiger partial charge in [-0.15, -0.1) is 12.4 Å². The number of hydrogen-bond donors (Lipinski definition) is 2. The molecule has 0 aliphatic carbocycles. The predicted molar refractivity (Wildman–Crippen MR) is 97.1 cm³/mol. The van der Waals surface area contributed by atoms with Gasteiger partial charge in [-0.3, -0.25) is 10.5 Å². The van der Waals surface area contributed by atoms with Crippen LogP contribution >= 0.6 is 12.4 Å². The van der Waals surface area contributed by atoms with Gasteiger partial charge in [0.1, 0.15) is 17.2 Å². The van der Waals surface area contributed by atoms with Gasteiger partial charge in [0, 0.05) is 10.9 Å². The van der Waals surface area contributed by atoms with E-state index in [0.29, 0.717) is 28.8 Å². The third-order valence-electron chi connectivity index (χ3n) is 3.49. The highest BCUT2D eigenvalue weighted by atomic mass is 35.5. The number of benzene rings is 2. The SMILES string of the molecule is CCOC(=N)c1cc(F)c2[nH]nc(/C=C/c3cccc(F)c3)c2c1.Cl. The predicted octanol–water partition coefficient (Wildman–Crippen LogP) is 4.80. The Morgan fingerprint density at radius 1 is 1.24 bits per heavy atom. The molecule has 0 spiro atoms. The van der Waals surface area contributed by atoms with E-state index < -0.39 is 5.82 Å². The molecule has 1 aromatic heterocycles. The highest BCUT2D eigenvalue weighted by molar-refractivity contribution is 5.98. The van der Waals surface area contributed by atoms with Gasteiger partial charge in [-0.05, 0) is 42.8 Å². The van der Waals surface area contributed by atoms with E-state index in [0.717, 1.165) is 0 Å². The summed E-state index contributed by atoms with van der Waals surface area (Å²) < 4.78 is 32.5. The highest BCUT2D eigenvalue weighted by Crippen LogP contribution is 2.23. The summed E-state index contributed by atoms with van der Waals surface area (Å²) in [6.45, 7) is 2.09. The number of rotatable bonds is 4. The lowest BCUT2D eigenvalue weighted by Crippen LogP contribution is -2.05. The number of hydrogen-bond acceptors (Lipinski definition) is 3. The average Bonchev–Trinajstić information content (AvgIpc) is 2.97. The Balaban J connectivity index is 0.00000225. The number of H-pyrrole nitrogens is 1. The Hall–Kier alpha value is -2.73. The van der Waals surface area contributed by atoms with Crippen LogP contribution in [-0.2, 0) is 4.74 Å². The van der Waals surface area contributed by atoms with Crippen molar-refractivity contribution in [2.75, 3.05) is 6.61 Å². The Morgan fingerprint density at radius 2 is 2.04 bits per heavy atom. The number of ether oxygens (including phenoxy) is 1. The molecule has 0 radical (unpaired) electrons. The molecule has 2 N–H and O–H groups in total. The van der Waals surface area contributed by atoms with Crippen LogP contribution in [0.3, 0.4) is 0 Å². The average molecular weight is 364 g/mol. The van der Waals surface area contributed by atoms with E-state index in [1.54, 1.807) is 37.3 Å². The molecule has 0 saturated heterocycles. The number of halogens is 3. The second kappa shape index (κ2) is 7.90. The fraction of sp³-hybridized carbons (Fsp3) is 0.111. The first kappa shape index (κ1) is 18.6. The van der Waals surface area contributed by atoms with Crippen LogP contribution < -0.4 is 0 Å². The molecule has 0 fully saturated rings. The Morgan fingerprint density at radius 3 is 2.76 bits per heavy atom. The van der Waals surface area contributed by atoms with Gasteiger partial charge >= 0.3 is 0 Å². The van der Waals surface area contributed by atoms with Crippen molar-refractivity contribution in [3.05, 3.63) is 64.9 Å². The molecular weight excluding hydrogens is 348 g/mol. The summed E-state index contributed by atoms with van der Waals surface area (Å²) in [4.78, 5) is 0. The van der Waals surface area contributed by atoms with Crippen molar-refractivity contribution in [1.82, 2.24) is 10.2 Å². The van der Waals surface area contributed by atoms with Crippen LogP contribution in [0.5, 0.6) is 0 Å². The summed E-state index contributed by atoms with van der Waals surface area (Å²) in [6, 6.07) is 9.00. The second-order valence-electron chi connectivity index (χ2n) is 5.14. The van der Waals surface area contributed by atoms with Crippen LogP contribution in [0.2, 0.25) is 0 Å². The second-order valence-corrected chi connectivity index (χ2v) is 5.14. The first-order valence-electron chi connectivity index (χ1n) is 7.41. The van der Waals surface area contributed by atoms with Crippen molar-refractivity contribution < 1.29 is 13.5 Å². The lowest BCUT2D eigenvalue weighted by atomic mass is 10.1. The molecule has 0 atom stereocenters. The largest absolute Gasteiger partial charge is 0.478 e. The van der Waals surface area contributed by atoms with E-state index >= 15 is 0 Å². The quantitative estimate of drug-likeness (QED) is 0.517. The van der Waals surface area contributed by atoms with E-state index in [4.69, 9.17) is 10.1 Å². The summed E-state index contributed by atoms with van der Waals surface area (Å²) in [7, 11) is 0. The number of fused-ring (bicyclic) bond motifs is 1. The van der Waals surface area contributed by atoms with Crippen molar-refractivity contribution in [1.29, 1.82) is 5.41 Å². The van der Waals surface area contributed by atoms with E-state index in [9.17, 15) is 8.78 Å². The minimum Gasteiger partial charge on any atom is -0.478 e. The summed E-state index contributed by atoms with van der Waals surface area (Å²) >= 11 is 0. The van der Waals surface area contributed by atoms with Crippen molar-refractivity contribution >= 4 is 41.4 Å². The van der Waals surface area contributed by atoms with Gasteiger partial charge in [-0.1, -0.05) is 18.2 Å². The van der Waals surface area contributed by atoms with E-state index in [2.05, 4.69) is 10.2 Å². The van der Waals surface area contributed by atoms with Gasteiger partial charge in [0.2, 0.25) is 5.90 Å². The van der Waals surface area contributed by atoms with Gasteiger partial charge in [-0.2, -0.15) is 5.10 Å². The van der Waals surface area contributed by atoms with Crippen molar-refractivity contribution in [3.8, 4) is 0 Å². The van der Waals surface area contributed by atoms with Crippen LogP contribution in [0.25, 0.3) is 23.1 Å². The topological polar surface area (TPSA) is 61.8 Å². The van der Waals surface area contributed by atoms with Crippen molar-refractivity contribution in [2.45, 2.75) is 6.92 Å². The summed E-state index contributed by atoms with van der Waals surface area (Å²) in [5.41, 5.74) is 1.76. The summed E-state index contributed by atoms with van der Waals surface area (Å²) in [5, 5.41) is 15.1. The molecule has 1 heterocycles. The standard InChI is InChI=1S/C18H15F2N3O.ClH/c1-2-24-18(21)12-9-14-16(22-23-17(14)15(20)10-12)7-6-11-4-3-5-13(19)8-11;/h3-10,21H,2H2,1H3,(H,22,23);1H/b7-6+,21-18?;. The molecule has 0 unspecified atom stereocenters. The molecule has 7 heteroatoms. The number of nitrogens with one attached hydrogen (secondary N) is 2. The molecule has 0 aliphatic heterocycles. The molecular formula is C18H16ClF2N3O. The number of aromatic amines is 1. The first-order chi connectivity index (χ1) is 11.6. The Kier molecular flexibility index (Phi) is 5.88. The molecule has 3 aromatic rings. The van der Waals surface area contributed by atoms with Gasteiger partial charge in [-0.25, -0.2) is 8.78 Å². The van der Waals surface area contributed by atoms with E-state index in [1.165, 1.54) is 18.2 Å². The molecule has 0 saturated carbocycles. The summed E-state index contributed by atoms with van der Waals surface area (Å²) in [5.74, 6) is -0.938. The zero-order chi connectivity index (χ0) is 17.1. The third kappa shape index (κ3) is 4.03. The molecule has 0 amide bonds. The molecule has 25 heavy (non-hydrogen) atoms. The molecule has 4 nitrogen and oxygen atoms in total. The van der Waals surface area contributed by atoms with Gasteiger partial charge < -0.3 is 4.74 Å². The zero-order valence-electron chi connectivity index (χ0n) is 13.3. The maximum atomic E-state index is 14.2. The Labute approximate surface area is 149 Å². The maximum absolute atomic E-state index is 14.2. The van der Waals surface area contributed by atoms with Crippen LogP contribution in [0.15, 0.2) is 36.4 Å². The lowest BCUT2D eigenvalue weighted by Gasteiger charge is -2.05. The van der Waals surface area contributed by atoms with Crippen LogP contribution in [-0.4, -0.2) is 22.7 Å². The van der Waals surface area contributed by atoms with E-state index in [-0.39, 0.29) is 29.6 Å². The third-order valence-corrected chi connectivity index (χ3v) is 3.49. The fourth-order valence-corrected chi connectivity index (χ4v) is 2.37. The van der Waals surface area contributed by atoms with Crippen molar-refractivity contribution in [3.63, 3.8) is 0 Å². The van der Waals surface area contributed by atoms with E-state index in [1.807, 2.05) is 0 Å². The van der Waals surface area contributed by atoms with Crippen LogP contribution in [0.1, 0.15) is 23.7 Å². The smallest absolute Gasteiger partial charge is 0.213 e. The van der Waals surface area contributed by atoms with Gasteiger partial charge in [0.15, 0.2) is 0 Å². The monoisotopic (exact) mass is 363 g/mol. The van der Waals surface area contributed by atoms with Gasteiger partial charge in [0.25, 0.3) is 0 Å². The molecule has 3 rings (SSSR count). The fourth-order valence-electron chi connectivity index (χ4n) is 2.37. The molecule has 0 bridgehead atoms. The van der Waals surface area contributed by atoms with Gasteiger partial charge in [0.05, 0.1) is 12.3 Å². The number of nitrogens with zero attached hydrogens (tertiary/aromatic N) is 1. The molecule has 130 valence electrons. The zero-order valence-corrected chi connectivity index (χ0v) is 14.2. The Bertz CT molecular complexity index is 937. The minimum absolute atomic E-state index is 0. The summed E-state index contributed by atoms with van der Waals surface area (Å²) in [6.07, 6.45) is 3.36. The highest BCUT2D eigenvalue weighted by Gasteiger charge is 2.13. The van der Waals surface area contributed by atoms with Crippen molar-refractivity contribution in [2.24, 2.45) is 0 Å². The van der Waals surface area contributed by atoms with Crippen LogP contribution in [0, 0.1) is 17.0 Å². The van der Waals surface area contributed by atoms with Crippen LogP contribution in [0.4, 0.5) is 8.78 Å². The maximum Gasteiger partial charge on any atom is 0.213 e. The lowest BCUT2D eigenvalue weighted by molar-refractivity contribution is 0.325.